The fraction of sp³-hybridized carbons (Fsp3) is 0.464. The molecule has 0 N–H and O–H groups in total. The van der Waals surface area contributed by atoms with E-state index in [4.69, 9.17) is 9.47 Å². The van der Waals surface area contributed by atoms with Gasteiger partial charge < -0.3 is 24.2 Å². The third-order valence-corrected chi connectivity index (χ3v) is 7.63. The zero-order valence-corrected chi connectivity index (χ0v) is 22.0. The second kappa shape index (κ2) is 11.2. The highest BCUT2D eigenvalue weighted by Gasteiger charge is 2.36. The zero-order valence-electron chi connectivity index (χ0n) is 22.0. The Morgan fingerprint density at radius 1 is 1.03 bits per heavy atom. The molecule has 0 bridgehead atoms. The van der Waals surface area contributed by atoms with Gasteiger partial charge in [0.25, 0.3) is 5.91 Å². The number of ether oxygens (including phenoxy) is 2. The maximum atomic E-state index is 13.8. The number of methoxy groups -OCH3 is 2. The molecule has 1 amide bonds. The largest absolute Gasteiger partial charge is 0.493 e. The van der Waals surface area contributed by atoms with Gasteiger partial charge in [-0.05, 0) is 49.2 Å². The van der Waals surface area contributed by atoms with Gasteiger partial charge in [-0.3, -0.25) is 9.48 Å². The summed E-state index contributed by atoms with van der Waals surface area (Å²) in [5.41, 5.74) is 4.18. The first kappa shape index (κ1) is 25.1. The lowest BCUT2D eigenvalue weighted by Crippen LogP contribution is -2.46. The number of aromatic nitrogens is 3. The van der Waals surface area contributed by atoms with Crippen LogP contribution < -0.4 is 14.4 Å². The van der Waals surface area contributed by atoms with Gasteiger partial charge in [-0.15, -0.1) is 0 Å². The molecule has 9 nitrogen and oxygen atoms in total. The highest BCUT2D eigenvalue weighted by Crippen LogP contribution is 2.40. The van der Waals surface area contributed by atoms with Gasteiger partial charge in [0.2, 0.25) is 0 Å². The Bertz CT molecular complexity index is 1210. The number of carbonyl (C=O) groups is 1. The van der Waals surface area contributed by atoms with E-state index in [0.29, 0.717) is 18.0 Å². The predicted molar refractivity (Wildman–Crippen MR) is 142 cm³/mol. The molecule has 37 heavy (non-hydrogen) atoms. The fourth-order valence-corrected chi connectivity index (χ4v) is 5.55. The van der Waals surface area contributed by atoms with Gasteiger partial charge >= 0.3 is 0 Å². The lowest BCUT2D eigenvalue weighted by Gasteiger charge is -2.36. The highest BCUT2D eigenvalue weighted by atomic mass is 16.5. The summed E-state index contributed by atoms with van der Waals surface area (Å²) in [5.74, 6) is 1.43. The number of rotatable bonds is 10. The number of carbonyl (C=O) groups excluding carboxylic acids is 1. The molecule has 3 aromatic rings. The molecule has 2 aliphatic heterocycles. The minimum absolute atomic E-state index is 0.0876. The standard InChI is InChI=1S/C28H36N6O3/c1-4-31-13-15-32(16-14-31)25-8-5-7-22-23(25)18-34(28(22)35)24(9-6-12-33-20-29-19-30-33)21-10-11-26(36-2)27(17-21)37-3/h5,7-8,10-11,17,19-20,24H,4,6,9,12-16,18H2,1-3H3/t24-/m1/s1. The summed E-state index contributed by atoms with van der Waals surface area (Å²) in [6, 6.07) is 12.0. The quantitative estimate of drug-likeness (QED) is 0.417. The van der Waals surface area contributed by atoms with Crippen LogP contribution in [-0.2, 0) is 13.1 Å². The number of piperazine rings is 1. The molecule has 3 heterocycles. The second-order valence-corrected chi connectivity index (χ2v) is 9.59. The van der Waals surface area contributed by atoms with Crippen LogP contribution in [0.5, 0.6) is 11.5 Å². The first-order valence-corrected chi connectivity index (χ1v) is 13.1. The minimum atomic E-state index is -0.104. The average Bonchev–Trinajstić information content (AvgIpc) is 3.58. The Kier molecular flexibility index (Phi) is 7.60. The van der Waals surface area contributed by atoms with Gasteiger partial charge in [-0.25, -0.2) is 4.98 Å². The normalized spacial score (nSPS) is 16.7. The molecule has 2 aromatic carbocycles. The number of benzene rings is 2. The van der Waals surface area contributed by atoms with Gasteiger partial charge in [-0.1, -0.05) is 19.1 Å². The topological polar surface area (TPSA) is 76.0 Å². The van der Waals surface area contributed by atoms with Crippen LogP contribution >= 0.6 is 0 Å². The number of likely N-dealkylation sites (N-methyl/N-ethyl adjacent to an activating group) is 1. The third kappa shape index (κ3) is 5.13. The number of anilines is 1. The Hall–Kier alpha value is -3.59. The maximum absolute atomic E-state index is 13.8. The van der Waals surface area contributed by atoms with Crippen molar-refractivity contribution < 1.29 is 14.3 Å². The number of hydrogen-bond acceptors (Lipinski definition) is 7. The van der Waals surface area contributed by atoms with Gasteiger partial charge in [0, 0.05) is 56.1 Å². The van der Waals surface area contributed by atoms with Crippen LogP contribution in [0.25, 0.3) is 0 Å². The number of nitrogens with zero attached hydrogens (tertiary/aromatic N) is 6. The Morgan fingerprint density at radius 3 is 2.54 bits per heavy atom. The summed E-state index contributed by atoms with van der Waals surface area (Å²) in [7, 11) is 3.28. The monoisotopic (exact) mass is 504 g/mol. The van der Waals surface area contributed by atoms with Crippen molar-refractivity contribution in [3.8, 4) is 11.5 Å². The molecule has 1 aromatic heterocycles. The molecule has 2 aliphatic rings. The van der Waals surface area contributed by atoms with Crippen molar-refractivity contribution in [2.45, 2.75) is 38.9 Å². The van der Waals surface area contributed by atoms with E-state index in [9.17, 15) is 4.79 Å². The molecule has 1 saturated heterocycles. The van der Waals surface area contributed by atoms with E-state index in [1.165, 1.54) is 5.69 Å². The first-order chi connectivity index (χ1) is 18.1. The van der Waals surface area contributed by atoms with E-state index < -0.39 is 0 Å². The maximum Gasteiger partial charge on any atom is 0.255 e. The van der Waals surface area contributed by atoms with Gasteiger partial charge in [0.1, 0.15) is 12.7 Å². The van der Waals surface area contributed by atoms with E-state index >= 15 is 0 Å². The van der Waals surface area contributed by atoms with E-state index in [-0.39, 0.29) is 11.9 Å². The van der Waals surface area contributed by atoms with Crippen LogP contribution in [0.2, 0.25) is 0 Å². The molecular weight excluding hydrogens is 468 g/mol. The first-order valence-electron chi connectivity index (χ1n) is 13.1. The van der Waals surface area contributed by atoms with E-state index in [0.717, 1.165) is 68.8 Å². The van der Waals surface area contributed by atoms with Gasteiger partial charge in [-0.2, -0.15) is 5.10 Å². The number of fused-ring (bicyclic) bond motifs is 1. The van der Waals surface area contributed by atoms with Crippen molar-refractivity contribution >= 4 is 11.6 Å². The number of amides is 1. The Morgan fingerprint density at radius 2 is 1.84 bits per heavy atom. The molecule has 0 radical (unpaired) electrons. The molecular formula is C28H36N6O3. The lowest BCUT2D eigenvalue weighted by molar-refractivity contribution is 0.0687. The van der Waals surface area contributed by atoms with E-state index in [1.54, 1.807) is 26.9 Å². The smallest absolute Gasteiger partial charge is 0.255 e. The third-order valence-electron chi connectivity index (χ3n) is 7.63. The zero-order chi connectivity index (χ0) is 25.8. The van der Waals surface area contributed by atoms with Crippen LogP contribution in [0.1, 0.15) is 47.3 Å². The van der Waals surface area contributed by atoms with Crippen molar-refractivity contribution in [2.24, 2.45) is 0 Å². The van der Waals surface area contributed by atoms with Crippen LogP contribution in [0.4, 0.5) is 5.69 Å². The predicted octanol–water partition coefficient (Wildman–Crippen LogP) is 3.61. The fourth-order valence-electron chi connectivity index (χ4n) is 5.55. The average molecular weight is 505 g/mol. The van der Waals surface area contributed by atoms with Gasteiger partial charge in [0.05, 0.1) is 20.3 Å². The van der Waals surface area contributed by atoms with Crippen LogP contribution in [0.3, 0.4) is 0 Å². The summed E-state index contributed by atoms with van der Waals surface area (Å²) in [4.78, 5) is 24.8. The summed E-state index contributed by atoms with van der Waals surface area (Å²) >= 11 is 0. The van der Waals surface area contributed by atoms with E-state index in [1.807, 2.05) is 39.9 Å². The van der Waals surface area contributed by atoms with Crippen molar-refractivity contribution in [2.75, 3.05) is 51.8 Å². The summed E-state index contributed by atoms with van der Waals surface area (Å²) in [6.07, 6.45) is 4.93. The Balaban J connectivity index is 1.42. The second-order valence-electron chi connectivity index (χ2n) is 9.59. The molecule has 1 atom stereocenters. The molecule has 9 heteroatoms. The molecule has 0 saturated carbocycles. The SMILES string of the molecule is CCN1CCN(c2cccc3c2CN([C@H](CCCn2cncn2)c2ccc(OC)c(OC)c2)C3=O)CC1. The van der Waals surface area contributed by atoms with Crippen molar-refractivity contribution in [3.05, 3.63) is 65.7 Å². The molecule has 196 valence electrons. The molecule has 0 unspecified atom stereocenters. The molecule has 5 rings (SSSR count). The van der Waals surface area contributed by atoms with Gasteiger partial charge in [0.15, 0.2) is 11.5 Å². The summed E-state index contributed by atoms with van der Waals surface area (Å²) in [5, 5.41) is 4.24. The molecule has 1 fully saturated rings. The Labute approximate surface area is 218 Å². The molecule has 0 aliphatic carbocycles. The highest BCUT2D eigenvalue weighted by molar-refractivity contribution is 6.00. The minimum Gasteiger partial charge on any atom is -0.493 e. The van der Waals surface area contributed by atoms with Crippen molar-refractivity contribution in [3.63, 3.8) is 0 Å². The van der Waals surface area contributed by atoms with Crippen molar-refractivity contribution in [1.29, 1.82) is 0 Å². The summed E-state index contributed by atoms with van der Waals surface area (Å²) in [6.45, 7) is 8.69. The van der Waals surface area contributed by atoms with Crippen LogP contribution in [0.15, 0.2) is 49.1 Å². The molecule has 0 spiro atoms. The number of hydrogen-bond donors (Lipinski definition) is 0. The number of aryl methyl sites for hydroxylation is 1. The van der Waals surface area contributed by atoms with E-state index in [2.05, 4.69) is 32.9 Å². The van der Waals surface area contributed by atoms with Crippen molar-refractivity contribution in [1.82, 2.24) is 24.6 Å². The lowest BCUT2D eigenvalue weighted by atomic mass is 9.99. The van der Waals surface area contributed by atoms with Crippen LogP contribution in [-0.4, -0.2) is 77.4 Å². The van der Waals surface area contributed by atoms with Crippen LogP contribution in [0, 0.1) is 0 Å². The summed E-state index contributed by atoms with van der Waals surface area (Å²) < 4.78 is 12.9.